The van der Waals surface area contributed by atoms with Gasteiger partial charge in [0.15, 0.2) is 0 Å². The van der Waals surface area contributed by atoms with Gasteiger partial charge in [0.05, 0.1) is 13.7 Å². The van der Waals surface area contributed by atoms with E-state index in [0.717, 1.165) is 30.1 Å². The molecule has 90 valence electrons. The van der Waals surface area contributed by atoms with Crippen LogP contribution in [0.2, 0.25) is 0 Å². The highest BCUT2D eigenvalue weighted by Gasteiger charge is 2.01. The second-order valence-corrected chi connectivity index (χ2v) is 2.96. The van der Waals surface area contributed by atoms with E-state index >= 15 is 0 Å². The van der Waals surface area contributed by atoms with E-state index in [1.54, 1.807) is 13.2 Å². The van der Waals surface area contributed by atoms with E-state index < -0.39 is 0 Å². The Labute approximate surface area is 98.9 Å². The molecule has 0 aliphatic heterocycles. The summed E-state index contributed by atoms with van der Waals surface area (Å²) >= 11 is 0. The topological polar surface area (TPSA) is 18.5 Å². The molecule has 0 atom stereocenters. The van der Waals surface area contributed by atoms with Crippen LogP contribution in [0, 0.1) is 0 Å². The summed E-state index contributed by atoms with van der Waals surface area (Å²) in [6, 6.07) is 5.71. The highest BCUT2D eigenvalue weighted by molar-refractivity contribution is 5.58. The van der Waals surface area contributed by atoms with Crippen LogP contribution < -0.4 is 9.47 Å². The van der Waals surface area contributed by atoms with E-state index in [9.17, 15) is 0 Å². The molecule has 16 heavy (non-hydrogen) atoms. The number of methoxy groups -OCH3 is 1. The van der Waals surface area contributed by atoms with Crippen molar-refractivity contribution in [1.29, 1.82) is 0 Å². The summed E-state index contributed by atoms with van der Waals surface area (Å²) in [7, 11) is 1.65. The molecule has 0 fully saturated rings. The summed E-state index contributed by atoms with van der Waals surface area (Å²) in [5.74, 6) is 1.69. The highest BCUT2D eigenvalue weighted by Crippen LogP contribution is 2.25. The maximum absolute atomic E-state index is 5.55. The lowest BCUT2D eigenvalue weighted by Crippen LogP contribution is -1.97. The van der Waals surface area contributed by atoms with Crippen molar-refractivity contribution in [3.8, 4) is 11.5 Å². The van der Waals surface area contributed by atoms with Gasteiger partial charge in [-0.25, -0.2) is 0 Å². The molecule has 0 aliphatic rings. The first-order valence-corrected chi connectivity index (χ1v) is 5.75. The second kappa shape index (κ2) is 8.84. The number of hydrogen-bond acceptors (Lipinski definition) is 2. The Morgan fingerprint density at radius 3 is 2.50 bits per heavy atom. The molecule has 1 aromatic rings. The minimum Gasteiger partial charge on any atom is -0.497 e. The van der Waals surface area contributed by atoms with Gasteiger partial charge >= 0.3 is 0 Å². The molecule has 0 aromatic heterocycles. The van der Waals surface area contributed by atoms with Crippen molar-refractivity contribution in [1.82, 2.24) is 0 Å². The Bertz CT molecular complexity index is 306. The van der Waals surface area contributed by atoms with Crippen LogP contribution >= 0.6 is 0 Å². The lowest BCUT2D eigenvalue weighted by atomic mass is 10.2. The molecule has 1 rings (SSSR count). The summed E-state index contributed by atoms with van der Waals surface area (Å²) in [5, 5.41) is 0. The van der Waals surface area contributed by atoms with E-state index in [1.807, 2.05) is 32.0 Å². The molecule has 0 amide bonds. The van der Waals surface area contributed by atoms with Crippen molar-refractivity contribution < 1.29 is 9.47 Å². The molecule has 0 spiro atoms. The Hall–Kier alpha value is -1.44. The average molecular weight is 222 g/mol. The van der Waals surface area contributed by atoms with Gasteiger partial charge in [-0.15, -0.1) is 0 Å². The van der Waals surface area contributed by atoms with Gasteiger partial charge in [0.1, 0.15) is 11.5 Å². The smallest absolute Gasteiger partial charge is 0.126 e. The van der Waals surface area contributed by atoms with Crippen molar-refractivity contribution >= 4 is 6.08 Å². The molecule has 0 aliphatic carbocycles. The Kier molecular flexibility index (Phi) is 8.04. The SMILES string of the molecule is C=Cc1cc(OC)ccc1OCCC.CC. The van der Waals surface area contributed by atoms with Crippen LogP contribution in [0.4, 0.5) is 0 Å². The first kappa shape index (κ1) is 14.6. The van der Waals surface area contributed by atoms with Crippen LogP contribution in [0.5, 0.6) is 11.5 Å². The van der Waals surface area contributed by atoms with E-state index in [4.69, 9.17) is 9.47 Å². The third-order valence-corrected chi connectivity index (χ3v) is 1.90. The Morgan fingerprint density at radius 1 is 1.31 bits per heavy atom. The molecule has 0 N–H and O–H groups in total. The predicted octanol–water partition coefficient (Wildman–Crippen LogP) is 4.15. The van der Waals surface area contributed by atoms with Gasteiger partial charge < -0.3 is 9.47 Å². The minimum absolute atomic E-state index is 0.729. The first-order valence-electron chi connectivity index (χ1n) is 5.75. The lowest BCUT2D eigenvalue weighted by Gasteiger charge is -2.09. The zero-order valence-corrected chi connectivity index (χ0v) is 10.7. The van der Waals surface area contributed by atoms with E-state index in [-0.39, 0.29) is 0 Å². The Morgan fingerprint density at radius 2 is 2.00 bits per heavy atom. The van der Waals surface area contributed by atoms with Gasteiger partial charge in [-0.3, -0.25) is 0 Å². The van der Waals surface area contributed by atoms with Crippen molar-refractivity contribution in [3.63, 3.8) is 0 Å². The monoisotopic (exact) mass is 222 g/mol. The van der Waals surface area contributed by atoms with Crippen molar-refractivity contribution in [3.05, 3.63) is 30.3 Å². The predicted molar refractivity (Wildman–Crippen MR) is 70.2 cm³/mol. The van der Waals surface area contributed by atoms with E-state index in [0.29, 0.717) is 0 Å². The summed E-state index contributed by atoms with van der Waals surface area (Å²) in [5.41, 5.74) is 0.970. The fourth-order valence-corrected chi connectivity index (χ4v) is 1.16. The molecular weight excluding hydrogens is 200 g/mol. The normalized spacial score (nSPS) is 8.75. The molecule has 0 saturated heterocycles. The fraction of sp³-hybridized carbons (Fsp3) is 0.429. The standard InChI is InChI=1S/C12H16O2.C2H6/c1-4-8-14-12-7-6-11(13-3)9-10(12)5-2;1-2/h5-7,9H,2,4,8H2,1,3H3;1-2H3. The summed E-state index contributed by atoms with van der Waals surface area (Å²) in [6.45, 7) is 10.5. The summed E-state index contributed by atoms with van der Waals surface area (Å²) in [4.78, 5) is 0. The van der Waals surface area contributed by atoms with E-state index in [1.165, 1.54) is 0 Å². The third kappa shape index (κ3) is 4.39. The average Bonchev–Trinajstić information content (AvgIpc) is 2.38. The minimum atomic E-state index is 0.729. The third-order valence-electron chi connectivity index (χ3n) is 1.90. The van der Waals surface area contributed by atoms with Gasteiger partial charge in [0, 0.05) is 5.56 Å². The van der Waals surface area contributed by atoms with Gasteiger partial charge in [-0.2, -0.15) is 0 Å². The van der Waals surface area contributed by atoms with Crippen molar-refractivity contribution in [2.75, 3.05) is 13.7 Å². The van der Waals surface area contributed by atoms with Gasteiger partial charge in [-0.05, 0) is 24.6 Å². The molecule has 2 nitrogen and oxygen atoms in total. The molecule has 0 bridgehead atoms. The molecule has 2 heteroatoms. The van der Waals surface area contributed by atoms with Crippen LogP contribution in [-0.4, -0.2) is 13.7 Å². The van der Waals surface area contributed by atoms with Crippen LogP contribution in [0.1, 0.15) is 32.8 Å². The number of benzene rings is 1. The quantitative estimate of drug-likeness (QED) is 0.745. The summed E-state index contributed by atoms with van der Waals surface area (Å²) in [6.07, 6.45) is 2.77. The van der Waals surface area contributed by atoms with Crippen molar-refractivity contribution in [2.45, 2.75) is 27.2 Å². The number of rotatable bonds is 5. The summed E-state index contributed by atoms with van der Waals surface area (Å²) < 4.78 is 10.7. The molecule has 0 radical (unpaired) electrons. The second-order valence-electron chi connectivity index (χ2n) is 2.96. The Balaban J connectivity index is 0.00000106. The number of hydrogen-bond donors (Lipinski definition) is 0. The molecule has 0 unspecified atom stereocenters. The molecular formula is C14H22O2. The largest absolute Gasteiger partial charge is 0.497 e. The van der Waals surface area contributed by atoms with Crippen LogP contribution in [0.3, 0.4) is 0 Å². The molecule has 0 saturated carbocycles. The lowest BCUT2D eigenvalue weighted by molar-refractivity contribution is 0.316. The van der Waals surface area contributed by atoms with Crippen molar-refractivity contribution in [2.24, 2.45) is 0 Å². The fourth-order valence-electron chi connectivity index (χ4n) is 1.16. The number of ether oxygens (including phenoxy) is 2. The first-order chi connectivity index (χ1) is 7.81. The van der Waals surface area contributed by atoms with Gasteiger partial charge in [0.2, 0.25) is 0 Å². The zero-order chi connectivity index (χ0) is 12.4. The van der Waals surface area contributed by atoms with Crippen LogP contribution in [-0.2, 0) is 0 Å². The zero-order valence-electron chi connectivity index (χ0n) is 10.7. The van der Waals surface area contributed by atoms with Gasteiger partial charge in [0.25, 0.3) is 0 Å². The molecule has 0 heterocycles. The maximum Gasteiger partial charge on any atom is 0.126 e. The maximum atomic E-state index is 5.55. The van der Waals surface area contributed by atoms with Gasteiger partial charge in [-0.1, -0.05) is 33.4 Å². The van der Waals surface area contributed by atoms with Crippen LogP contribution in [0.25, 0.3) is 6.08 Å². The molecule has 1 aromatic carbocycles. The van der Waals surface area contributed by atoms with Crippen LogP contribution in [0.15, 0.2) is 24.8 Å². The van der Waals surface area contributed by atoms with E-state index in [2.05, 4.69) is 13.5 Å². The highest BCUT2D eigenvalue weighted by atomic mass is 16.5.